The van der Waals surface area contributed by atoms with Crippen LogP contribution in [0.25, 0.3) is 0 Å². The lowest BCUT2D eigenvalue weighted by Crippen LogP contribution is -2.61. The third-order valence-electron chi connectivity index (χ3n) is 9.48. The van der Waals surface area contributed by atoms with Gasteiger partial charge in [-0.25, -0.2) is 0 Å². The number of likely N-dealkylation sites (tertiary alicyclic amines) is 1. The highest BCUT2D eigenvalue weighted by Gasteiger charge is 2.76. The molecule has 2 aromatic carbocycles. The smallest absolute Gasteiger partial charge is 0.269 e. The molecule has 0 radical (unpaired) electrons. The van der Waals surface area contributed by atoms with Crippen molar-refractivity contribution in [1.29, 1.82) is 0 Å². The van der Waals surface area contributed by atoms with Crippen LogP contribution in [0.2, 0.25) is 0 Å². The summed E-state index contributed by atoms with van der Waals surface area (Å²) < 4.78 is 5.88. The van der Waals surface area contributed by atoms with E-state index in [0.29, 0.717) is 22.5 Å². The van der Waals surface area contributed by atoms with Gasteiger partial charge < -0.3 is 9.84 Å². The van der Waals surface area contributed by atoms with Crippen LogP contribution in [0.5, 0.6) is 11.5 Å². The van der Waals surface area contributed by atoms with Crippen molar-refractivity contribution >= 4 is 58.2 Å². The molecule has 0 unspecified atom stereocenters. The van der Waals surface area contributed by atoms with E-state index in [1.165, 1.54) is 49.7 Å². The highest BCUT2D eigenvalue weighted by atomic mass is 35.5. The van der Waals surface area contributed by atoms with Crippen LogP contribution in [-0.4, -0.2) is 55.4 Å². The Morgan fingerprint density at radius 1 is 1.02 bits per heavy atom. The van der Waals surface area contributed by atoms with Crippen molar-refractivity contribution in [2.75, 3.05) is 11.9 Å². The summed E-state index contributed by atoms with van der Waals surface area (Å²) in [6, 6.07) is 9.77. The van der Waals surface area contributed by atoms with Gasteiger partial charge in [0.15, 0.2) is 9.75 Å². The molecule has 0 aromatic heterocycles. The largest absolute Gasteiger partial charge is 0.508 e. The number of hydrogen-bond donors (Lipinski definition) is 1. The Bertz CT molecular complexity index is 1740. The fraction of sp³-hybridized carbons (Fsp3) is 0.333. The first kappa shape index (κ1) is 27.6. The summed E-state index contributed by atoms with van der Waals surface area (Å²) in [6.07, 6.45) is 3.53. The Morgan fingerprint density at radius 2 is 1.74 bits per heavy atom. The second-order valence-electron chi connectivity index (χ2n) is 11.6. The molecule has 4 amide bonds. The highest BCUT2D eigenvalue weighted by Crippen LogP contribution is 2.64. The van der Waals surface area contributed by atoms with E-state index < -0.39 is 62.0 Å². The zero-order valence-electron chi connectivity index (χ0n) is 22.5. The molecule has 3 aliphatic heterocycles. The third kappa shape index (κ3) is 3.55. The first-order chi connectivity index (χ1) is 20.4. The molecule has 2 saturated heterocycles. The van der Waals surface area contributed by atoms with Gasteiger partial charge in [-0.05, 0) is 54.7 Å². The van der Waals surface area contributed by atoms with Gasteiger partial charge in [0, 0.05) is 37.1 Å². The van der Waals surface area contributed by atoms with Crippen molar-refractivity contribution in [2.24, 2.45) is 23.7 Å². The van der Waals surface area contributed by atoms with Crippen molar-refractivity contribution in [2.45, 2.75) is 29.0 Å². The lowest BCUT2D eigenvalue weighted by Gasteiger charge is -2.51. The van der Waals surface area contributed by atoms with Gasteiger partial charge in [0.1, 0.15) is 11.5 Å². The fourth-order valence-electron chi connectivity index (χ4n) is 7.53. The lowest BCUT2D eigenvalue weighted by atomic mass is 9.56. The second kappa shape index (κ2) is 9.14. The molecule has 1 N–H and O–H groups in total. The Morgan fingerprint density at radius 3 is 2.44 bits per heavy atom. The molecule has 3 fully saturated rings. The minimum Gasteiger partial charge on any atom is -0.508 e. The van der Waals surface area contributed by atoms with Crippen molar-refractivity contribution < 1.29 is 33.9 Å². The minimum atomic E-state index is -1.94. The summed E-state index contributed by atoms with van der Waals surface area (Å²) in [4.78, 5) is 63.6. The molecule has 11 nitrogen and oxygen atoms in total. The molecule has 13 heteroatoms. The Kier molecular flexibility index (Phi) is 5.87. The number of hydrogen-bond acceptors (Lipinski definition) is 8. The van der Waals surface area contributed by atoms with Crippen molar-refractivity contribution in [3.8, 4) is 11.5 Å². The zero-order chi connectivity index (χ0) is 30.6. The molecule has 2 aromatic rings. The number of anilines is 1. The summed E-state index contributed by atoms with van der Waals surface area (Å²) in [6.45, 7) is 0. The van der Waals surface area contributed by atoms with Gasteiger partial charge in [-0.3, -0.25) is 39.1 Å². The van der Waals surface area contributed by atoms with Gasteiger partial charge in [0.05, 0.1) is 28.7 Å². The maximum absolute atomic E-state index is 14.0. The first-order valence-corrected chi connectivity index (χ1v) is 14.3. The van der Waals surface area contributed by atoms with Crippen LogP contribution in [0.3, 0.4) is 0 Å². The Balaban J connectivity index is 1.33. The van der Waals surface area contributed by atoms with E-state index in [0.717, 1.165) is 9.80 Å². The van der Waals surface area contributed by atoms with Gasteiger partial charge in [-0.2, -0.15) is 0 Å². The van der Waals surface area contributed by atoms with Crippen LogP contribution in [0.15, 0.2) is 65.9 Å². The van der Waals surface area contributed by atoms with Crippen molar-refractivity contribution in [1.82, 2.24) is 4.90 Å². The van der Waals surface area contributed by atoms with E-state index in [9.17, 15) is 34.4 Å². The number of fused-ring (bicyclic) bond motifs is 5. The number of alkyl halides is 2. The second-order valence-corrected chi connectivity index (χ2v) is 12.8. The van der Waals surface area contributed by atoms with Crippen LogP contribution in [0.1, 0.15) is 18.4 Å². The van der Waals surface area contributed by atoms with E-state index in [1.54, 1.807) is 6.07 Å². The van der Waals surface area contributed by atoms with Gasteiger partial charge in [0.2, 0.25) is 11.8 Å². The molecule has 220 valence electrons. The molecule has 7 rings (SSSR count). The number of imide groups is 2. The number of nitro groups is 1. The number of allylic oxidation sites excluding steroid dienone is 3. The number of carbonyl (C=O) groups excluding carboxylic acids is 4. The molecule has 6 atom stereocenters. The molecule has 3 heterocycles. The number of phenols is 1. The monoisotopic (exact) mass is 623 g/mol. The quantitative estimate of drug-likeness (QED) is 0.178. The molecule has 2 aliphatic carbocycles. The number of amides is 4. The Labute approximate surface area is 254 Å². The number of phenolic OH excluding ortho intramolecular Hbond substituents is 1. The third-order valence-corrected chi connectivity index (χ3v) is 10.9. The topological polar surface area (TPSA) is 147 Å². The number of halogens is 2. The fourth-order valence-corrected chi connectivity index (χ4v) is 8.57. The first-order valence-electron chi connectivity index (χ1n) is 13.6. The van der Waals surface area contributed by atoms with Gasteiger partial charge >= 0.3 is 0 Å². The number of benzene rings is 2. The van der Waals surface area contributed by atoms with Crippen LogP contribution in [0.4, 0.5) is 11.4 Å². The van der Waals surface area contributed by atoms with Crippen molar-refractivity contribution in [3.05, 3.63) is 81.6 Å². The van der Waals surface area contributed by atoms with Crippen LogP contribution < -0.4 is 9.64 Å². The molecule has 5 aliphatic rings. The minimum absolute atomic E-state index is 0.0189. The lowest BCUT2D eigenvalue weighted by molar-refractivity contribution is -0.384. The number of rotatable bonds is 3. The summed E-state index contributed by atoms with van der Waals surface area (Å²) in [5.41, 5.74) is 1.80. The molecule has 0 bridgehead atoms. The Hall–Kier alpha value is -4.22. The maximum Gasteiger partial charge on any atom is 0.269 e. The number of nitro benzene ring substituents is 1. The molecule has 0 spiro atoms. The average molecular weight is 624 g/mol. The predicted octanol–water partition coefficient (Wildman–Crippen LogP) is 3.85. The SMILES string of the molecule is CN1C(=O)[C@]2(Cl)C[C@@H]3C(=CC[C@@H]4C(=O)N(c5ccc([N+](=O)[O-])cc5)C(=O)[C@@H]43)[C@H](C3=COc4ccc(O)cc4C3)[C@]2(Cl)C1=O. The molecule has 43 heavy (non-hydrogen) atoms. The zero-order valence-corrected chi connectivity index (χ0v) is 24.0. The number of ether oxygens (including phenoxy) is 1. The molecular formula is C30H23Cl2N3O8. The molecular weight excluding hydrogens is 601 g/mol. The number of carbonyl (C=O) groups is 4. The molecule has 1 saturated carbocycles. The van der Waals surface area contributed by atoms with Gasteiger partial charge in [-0.1, -0.05) is 11.6 Å². The van der Waals surface area contributed by atoms with Gasteiger partial charge in [0.25, 0.3) is 17.5 Å². The standard InChI is InChI=1S/C30H23Cl2N3O8/c1-33-27(39)29(31)12-21-19(24(30(29,32)28(33)40)15-10-14-11-18(36)6-9-22(14)43-13-15)7-8-20-23(21)26(38)34(25(20)37)16-2-4-17(5-3-16)35(41)42/h2-7,9,11,13,20-21,23-24,36H,8,10,12H2,1H3/t20-,21+,23-,24-,29+,30-/m0/s1. The normalized spacial score (nSPS) is 32.8. The summed E-state index contributed by atoms with van der Waals surface area (Å²) in [5.74, 6) is -5.17. The highest BCUT2D eigenvalue weighted by molar-refractivity contribution is 6.53. The summed E-state index contributed by atoms with van der Waals surface area (Å²) in [7, 11) is 1.31. The van der Waals surface area contributed by atoms with E-state index in [2.05, 4.69) is 0 Å². The van der Waals surface area contributed by atoms with E-state index in [-0.39, 0.29) is 36.4 Å². The van der Waals surface area contributed by atoms with E-state index >= 15 is 0 Å². The van der Waals surface area contributed by atoms with Crippen molar-refractivity contribution in [3.63, 3.8) is 0 Å². The summed E-state index contributed by atoms with van der Waals surface area (Å²) >= 11 is 14.4. The number of nitrogens with zero attached hydrogens (tertiary/aromatic N) is 3. The maximum atomic E-state index is 14.0. The van der Waals surface area contributed by atoms with E-state index in [4.69, 9.17) is 27.9 Å². The van der Waals surface area contributed by atoms with Crippen LogP contribution >= 0.6 is 23.2 Å². The number of aromatic hydroxyl groups is 1. The van der Waals surface area contributed by atoms with Gasteiger partial charge in [-0.15, -0.1) is 23.2 Å². The van der Waals surface area contributed by atoms with E-state index in [1.807, 2.05) is 6.08 Å². The summed E-state index contributed by atoms with van der Waals surface area (Å²) in [5, 5.41) is 21.2. The number of non-ortho nitro benzene ring substituents is 1. The predicted molar refractivity (Wildman–Crippen MR) is 152 cm³/mol. The van der Waals surface area contributed by atoms with Crippen LogP contribution in [-0.2, 0) is 25.6 Å². The van der Waals surface area contributed by atoms with Crippen LogP contribution in [0, 0.1) is 33.8 Å². The average Bonchev–Trinajstić information content (AvgIpc) is 3.31.